The van der Waals surface area contributed by atoms with Gasteiger partial charge in [0, 0.05) is 25.2 Å². The van der Waals surface area contributed by atoms with Crippen LogP contribution in [0.15, 0.2) is 36.7 Å². The summed E-state index contributed by atoms with van der Waals surface area (Å²) >= 11 is 0. The Hall–Kier alpha value is -2.21. The normalized spacial score (nSPS) is 15.0. The van der Waals surface area contributed by atoms with Crippen molar-refractivity contribution in [2.45, 2.75) is 31.8 Å². The molecule has 23 heavy (non-hydrogen) atoms. The fourth-order valence-electron chi connectivity index (χ4n) is 2.33. The lowest BCUT2D eigenvalue weighted by Crippen LogP contribution is -2.38. The molecule has 0 aliphatic carbocycles. The number of aromatic nitrogens is 2. The Bertz CT molecular complexity index is 665. The van der Waals surface area contributed by atoms with Crippen molar-refractivity contribution in [3.8, 4) is 0 Å². The van der Waals surface area contributed by atoms with E-state index in [2.05, 4.69) is 10.4 Å². The van der Waals surface area contributed by atoms with Gasteiger partial charge in [0.25, 0.3) is 0 Å². The molecule has 0 radical (unpaired) electrons. The van der Waals surface area contributed by atoms with E-state index in [1.807, 2.05) is 6.92 Å². The molecular formula is C17H22FN3O2. The first kappa shape index (κ1) is 17.1. The Morgan fingerprint density at radius 2 is 2.09 bits per heavy atom. The number of rotatable bonds is 6. The van der Waals surface area contributed by atoms with Gasteiger partial charge in [0.1, 0.15) is 11.4 Å². The number of carbonyl (C=O) groups excluding carboxylic acids is 1. The van der Waals surface area contributed by atoms with E-state index in [1.54, 1.807) is 43.2 Å². The van der Waals surface area contributed by atoms with Gasteiger partial charge in [0.05, 0.1) is 12.7 Å². The summed E-state index contributed by atoms with van der Waals surface area (Å²) < 4.78 is 14.5. The lowest BCUT2D eigenvalue weighted by Gasteiger charge is -2.22. The zero-order valence-corrected chi connectivity index (χ0v) is 13.6. The van der Waals surface area contributed by atoms with E-state index in [4.69, 9.17) is 0 Å². The van der Waals surface area contributed by atoms with Crippen molar-refractivity contribution in [2.24, 2.45) is 7.05 Å². The number of aryl methyl sites for hydroxylation is 1. The van der Waals surface area contributed by atoms with E-state index in [0.29, 0.717) is 5.56 Å². The van der Waals surface area contributed by atoms with Crippen LogP contribution < -0.4 is 5.32 Å². The second-order valence-corrected chi connectivity index (χ2v) is 6.11. The van der Waals surface area contributed by atoms with Gasteiger partial charge in [-0.3, -0.25) is 9.48 Å². The molecular weight excluding hydrogens is 297 g/mol. The molecule has 2 rings (SSSR count). The van der Waals surface area contributed by atoms with Crippen LogP contribution in [-0.4, -0.2) is 27.3 Å². The molecule has 2 atom stereocenters. The molecule has 2 aromatic rings. The highest BCUT2D eigenvalue weighted by Crippen LogP contribution is 2.21. The molecule has 0 aliphatic heterocycles. The quantitative estimate of drug-likeness (QED) is 0.856. The molecule has 0 saturated carbocycles. The van der Waals surface area contributed by atoms with Gasteiger partial charge >= 0.3 is 0 Å². The Kier molecular flexibility index (Phi) is 5.15. The molecule has 6 heteroatoms. The maximum absolute atomic E-state index is 12.9. The zero-order chi connectivity index (χ0) is 17.0. The summed E-state index contributed by atoms with van der Waals surface area (Å²) in [6.07, 6.45) is 3.56. The Balaban J connectivity index is 1.88. The molecule has 1 aromatic carbocycles. The second kappa shape index (κ2) is 6.91. The average molecular weight is 319 g/mol. The monoisotopic (exact) mass is 319 g/mol. The van der Waals surface area contributed by atoms with Gasteiger partial charge in [-0.15, -0.1) is 0 Å². The number of amides is 1. The Labute approximate surface area is 135 Å². The van der Waals surface area contributed by atoms with E-state index >= 15 is 0 Å². The van der Waals surface area contributed by atoms with Gasteiger partial charge in [-0.05, 0) is 30.5 Å². The third kappa shape index (κ3) is 4.63. The first-order valence-corrected chi connectivity index (χ1v) is 7.51. The molecule has 1 aromatic heterocycles. The second-order valence-electron chi connectivity index (χ2n) is 6.11. The van der Waals surface area contributed by atoms with Crippen LogP contribution in [0.4, 0.5) is 4.39 Å². The number of halogens is 1. The van der Waals surface area contributed by atoms with Crippen LogP contribution in [0.5, 0.6) is 0 Å². The molecule has 0 aliphatic rings. The van der Waals surface area contributed by atoms with Crippen molar-refractivity contribution in [3.63, 3.8) is 0 Å². The molecule has 0 unspecified atom stereocenters. The maximum atomic E-state index is 12.9. The molecule has 1 heterocycles. The van der Waals surface area contributed by atoms with Gasteiger partial charge in [-0.1, -0.05) is 19.1 Å². The van der Waals surface area contributed by atoms with Crippen molar-refractivity contribution in [1.29, 1.82) is 0 Å². The van der Waals surface area contributed by atoms with E-state index in [0.717, 1.165) is 5.56 Å². The van der Waals surface area contributed by atoms with Crippen molar-refractivity contribution in [2.75, 3.05) is 6.54 Å². The maximum Gasteiger partial charge on any atom is 0.220 e. The Morgan fingerprint density at radius 1 is 1.43 bits per heavy atom. The van der Waals surface area contributed by atoms with Crippen LogP contribution in [0.25, 0.3) is 0 Å². The van der Waals surface area contributed by atoms with Crippen LogP contribution in [-0.2, 0) is 17.4 Å². The molecule has 0 fully saturated rings. The minimum atomic E-state index is -1.18. The standard InChI is InChI=1S/C17H22FN3O2/c1-12(13-4-6-15(18)7-5-13)8-16(22)19-11-17(2,23)14-9-20-21(3)10-14/h4-7,9-10,12,23H,8,11H2,1-3H3,(H,19,22)/t12-,17-/m1/s1. The summed E-state index contributed by atoms with van der Waals surface area (Å²) in [5.74, 6) is -0.483. The van der Waals surface area contributed by atoms with Crippen molar-refractivity contribution < 1.29 is 14.3 Å². The molecule has 0 bridgehead atoms. The molecule has 0 spiro atoms. The van der Waals surface area contributed by atoms with Crippen LogP contribution >= 0.6 is 0 Å². The van der Waals surface area contributed by atoms with E-state index in [-0.39, 0.29) is 30.6 Å². The molecule has 124 valence electrons. The fourth-order valence-corrected chi connectivity index (χ4v) is 2.33. The number of aliphatic hydroxyl groups is 1. The smallest absolute Gasteiger partial charge is 0.220 e. The Morgan fingerprint density at radius 3 is 2.65 bits per heavy atom. The first-order valence-electron chi connectivity index (χ1n) is 7.51. The third-order valence-electron chi connectivity index (χ3n) is 3.89. The van der Waals surface area contributed by atoms with E-state index in [9.17, 15) is 14.3 Å². The summed E-state index contributed by atoms with van der Waals surface area (Å²) in [6.45, 7) is 3.65. The minimum Gasteiger partial charge on any atom is -0.383 e. The lowest BCUT2D eigenvalue weighted by molar-refractivity contribution is -0.122. The topological polar surface area (TPSA) is 67.2 Å². The largest absolute Gasteiger partial charge is 0.383 e. The SMILES string of the molecule is C[C@H](CC(=O)NC[C@@](C)(O)c1cnn(C)c1)c1ccc(F)cc1. The number of nitrogens with zero attached hydrogens (tertiary/aromatic N) is 2. The number of hydrogen-bond donors (Lipinski definition) is 2. The highest BCUT2D eigenvalue weighted by Gasteiger charge is 2.25. The van der Waals surface area contributed by atoms with E-state index < -0.39 is 5.60 Å². The van der Waals surface area contributed by atoms with Gasteiger partial charge < -0.3 is 10.4 Å². The van der Waals surface area contributed by atoms with Gasteiger partial charge in [-0.2, -0.15) is 5.10 Å². The first-order chi connectivity index (χ1) is 10.8. The predicted octanol–water partition coefficient (Wildman–Crippen LogP) is 2.08. The molecule has 1 amide bonds. The summed E-state index contributed by atoms with van der Waals surface area (Å²) in [6, 6.07) is 6.13. The molecule has 2 N–H and O–H groups in total. The van der Waals surface area contributed by atoms with Gasteiger partial charge in [0.2, 0.25) is 5.91 Å². The summed E-state index contributed by atoms with van der Waals surface area (Å²) in [5.41, 5.74) is 0.371. The summed E-state index contributed by atoms with van der Waals surface area (Å²) in [5, 5.41) is 17.2. The average Bonchev–Trinajstić information content (AvgIpc) is 2.93. The zero-order valence-electron chi connectivity index (χ0n) is 13.6. The van der Waals surface area contributed by atoms with Crippen molar-refractivity contribution in [1.82, 2.24) is 15.1 Å². The number of nitrogens with one attached hydrogen (secondary N) is 1. The van der Waals surface area contributed by atoms with Crippen LogP contribution in [0.1, 0.15) is 37.3 Å². The third-order valence-corrected chi connectivity index (χ3v) is 3.89. The van der Waals surface area contributed by atoms with Crippen LogP contribution in [0.2, 0.25) is 0 Å². The highest BCUT2D eigenvalue weighted by atomic mass is 19.1. The molecule has 5 nitrogen and oxygen atoms in total. The number of carbonyl (C=O) groups is 1. The van der Waals surface area contributed by atoms with Crippen LogP contribution in [0.3, 0.4) is 0 Å². The lowest BCUT2D eigenvalue weighted by atomic mass is 9.96. The predicted molar refractivity (Wildman–Crippen MR) is 85.2 cm³/mol. The number of hydrogen-bond acceptors (Lipinski definition) is 3. The van der Waals surface area contributed by atoms with Crippen molar-refractivity contribution in [3.05, 3.63) is 53.6 Å². The summed E-state index contributed by atoms with van der Waals surface area (Å²) in [4.78, 5) is 12.1. The van der Waals surface area contributed by atoms with Crippen LogP contribution in [0, 0.1) is 5.82 Å². The minimum absolute atomic E-state index is 0.0288. The number of benzene rings is 1. The fraction of sp³-hybridized carbons (Fsp3) is 0.412. The van der Waals surface area contributed by atoms with E-state index in [1.165, 1.54) is 12.1 Å². The molecule has 0 saturated heterocycles. The summed E-state index contributed by atoms with van der Waals surface area (Å²) in [7, 11) is 1.77. The van der Waals surface area contributed by atoms with Gasteiger partial charge in [-0.25, -0.2) is 4.39 Å². The highest BCUT2D eigenvalue weighted by molar-refractivity contribution is 5.76. The van der Waals surface area contributed by atoms with Crippen molar-refractivity contribution >= 4 is 5.91 Å². The van der Waals surface area contributed by atoms with Gasteiger partial charge in [0.15, 0.2) is 0 Å².